The lowest BCUT2D eigenvalue weighted by atomic mass is 10.0. The number of benzene rings is 1. The molecule has 0 radical (unpaired) electrons. The maximum absolute atomic E-state index is 6.27. The fourth-order valence-electron chi connectivity index (χ4n) is 2.10. The Kier molecular flexibility index (Phi) is 8.74. The van der Waals surface area contributed by atoms with Crippen LogP contribution in [0.3, 0.4) is 0 Å². The third-order valence-electron chi connectivity index (χ3n) is 3.40. The Balaban J connectivity index is 2.33. The van der Waals surface area contributed by atoms with Crippen LogP contribution in [-0.4, -0.2) is 33.4 Å². The van der Waals surface area contributed by atoms with Crippen LogP contribution in [0.2, 0.25) is 5.02 Å². The Bertz CT molecular complexity index is 421. The lowest BCUT2D eigenvalue weighted by Crippen LogP contribution is -2.20. The van der Waals surface area contributed by atoms with Crippen LogP contribution in [0.5, 0.6) is 5.75 Å². The summed E-state index contributed by atoms with van der Waals surface area (Å²) in [6.07, 6.45) is 2.15. The first-order chi connectivity index (χ1) is 10.1. The van der Waals surface area contributed by atoms with E-state index in [-0.39, 0.29) is 0 Å². The molecule has 21 heavy (non-hydrogen) atoms. The van der Waals surface area contributed by atoms with Gasteiger partial charge in [-0.3, -0.25) is 0 Å². The largest absolute Gasteiger partial charge is 0.493 e. The van der Waals surface area contributed by atoms with Crippen LogP contribution >= 0.6 is 11.6 Å². The number of hydrogen-bond acceptors (Lipinski definition) is 3. The van der Waals surface area contributed by atoms with Gasteiger partial charge in [-0.05, 0) is 55.5 Å². The maximum atomic E-state index is 6.27. The molecule has 3 nitrogen and oxygen atoms in total. The average molecular weight is 314 g/mol. The number of aryl methyl sites for hydroxylation is 1. The molecule has 0 unspecified atom stereocenters. The summed E-state index contributed by atoms with van der Waals surface area (Å²) in [5.41, 5.74) is 2.25. The fraction of sp³-hybridized carbons (Fsp3) is 0.647. The molecule has 0 spiro atoms. The topological polar surface area (TPSA) is 30.5 Å². The number of methoxy groups -OCH3 is 1. The molecule has 4 heteroatoms. The van der Waals surface area contributed by atoms with Crippen LogP contribution in [0.4, 0.5) is 0 Å². The molecule has 0 heterocycles. The Hall–Kier alpha value is -0.770. The van der Waals surface area contributed by atoms with E-state index in [1.807, 2.05) is 13.0 Å². The van der Waals surface area contributed by atoms with Gasteiger partial charge in [-0.1, -0.05) is 25.4 Å². The van der Waals surface area contributed by atoms with Gasteiger partial charge < -0.3 is 14.8 Å². The predicted molar refractivity (Wildman–Crippen MR) is 89.8 cm³/mol. The minimum absolute atomic E-state index is 0.408. The highest BCUT2D eigenvalue weighted by atomic mass is 35.5. The van der Waals surface area contributed by atoms with Gasteiger partial charge in [0.15, 0.2) is 0 Å². The molecule has 0 fully saturated rings. The molecule has 0 aliphatic rings. The molecule has 0 amide bonds. The predicted octanol–water partition coefficient (Wildman–Crippen LogP) is 4.17. The zero-order valence-corrected chi connectivity index (χ0v) is 14.4. The van der Waals surface area contributed by atoms with Crippen molar-refractivity contribution in [3.05, 3.63) is 28.3 Å². The lowest BCUT2D eigenvalue weighted by Gasteiger charge is -2.14. The molecule has 1 rings (SSSR count). The van der Waals surface area contributed by atoms with Crippen LogP contribution in [0, 0.1) is 6.92 Å². The standard InChI is InChI=1S/C17H28ClNO2/c1-13(2)15-12-17(14(3)11-16(15)18)21-9-6-5-7-19-8-10-20-4/h11-13,19H,5-10H2,1-4H3. The highest BCUT2D eigenvalue weighted by Gasteiger charge is 2.09. The molecule has 0 bridgehead atoms. The third-order valence-corrected chi connectivity index (χ3v) is 3.73. The second-order valence-electron chi connectivity index (χ2n) is 5.59. The Labute approximate surface area is 134 Å². The molecule has 0 aliphatic heterocycles. The van der Waals surface area contributed by atoms with E-state index in [4.69, 9.17) is 21.1 Å². The van der Waals surface area contributed by atoms with E-state index in [2.05, 4.69) is 25.2 Å². The summed E-state index contributed by atoms with van der Waals surface area (Å²) in [5, 5.41) is 4.16. The van der Waals surface area contributed by atoms with Crippen molar-refractivity contribution in [3.63, 3.8) is 0 Å². The zero-order valence-electron chi connectivity index (χ0n) is 13.7. The monoisotopic (exact) mass is 313 g/mol. The van der Waals surface area contributed by atoms with Crippen molar-refractivity contribution in [2.75, 3.05) is 33.4 Å². The molecular weight excluding hydrogens is 286 g/mol. The number of ether oxygens (including phenoxy) is 2. The Morgan fingerprint density at radius 1 is 1.14 bits per heavy atom. The molecule has 1 aromatic rings. The van der Waals surface area contributed by atoms with Gasteiger partial charge in [-0.2, -0.15) is 0 Å². The van der Waals surface area contributed by atoms with Gasteiger partial charge in [-0.25, -0.2) is 0 Å². The summed E-state index contributed by atoms with van der Waals surface area (Å²) >= 11 is 6.27. The molecule has 1 N–H and O–H groups in total. The summed E-state index contributed by atoms with van der Waals surface area (Å²) < 4.78 is 10.9. The lowest BCUT2D eigenvalue weighted by molar-refractivity contribution is 0.199. The number of unbranched alkanes of at least 4 members (excludes halogenated alkanes) is 1. The minimum atomic E-state index is 0.408. The SMILES string of the molecule is COCCNCCCCOc1cc(C(C)C)c(Cl)cc1C. The van der Waals surface area contributed by atoms with E-state index < -0.39 is 0 Å². The first kappa shape index (κ1) is 18.3. The van der Waals surface area contributed by atoms with E-state index in [0.29, 0.717) is 5.92 Å². The molecule has 0 aromatic heterocycles. The van der Waals surface area contributed by atoms with Crippen LogP contribution in [0.15, 0.2) is 12.1 Å². The van der Waals surface area contributed by atoms with Gasteiger partial charge in [0.05, 0.1) is 13.2 Å². The second kappa shape index (κ2) is 10.0. The first-order valence-electron chi connectivity index (χ1n) is 7.68. The molecule has 0 aliphatic carbocycles. The normalized spacial score (nSPS) is 11.1. The summed E-state index contributed by atoms with van der Waals surface area (Å²) in [7, 11) is 1.72. The molecular formula is C17H28ClNO2. The average Bonchev–Trinajstić information content (AvgIpc) is 2.43. The van der Waals surface area contributed by atoms with Crippen LogP contribution in [-0.2, 0) is 4.74 Å². The van der Waals surface area contributed by atoms with Crippen molar-refractivity contribution in [1.29, 1.82) is 0 Å². The van der Waals surface area contributed by atoms with Crippen molar-refractivity contribution in [2.24, 2.45) is 0 Å². The summed E-state index contributed by atoms with van der Waals surface area (Å²) in [5.74, 6) is 1.36. The third kappa shape index (κ3) is 6.68. The van der Waals surface area contributed by atoms with Crippen LogP contribution < -0.4 is 10.1 Å². The fourth-order valence-corrected chi connectivity index (χ4v) is 2.54. The van der Waals surface area contributed by atoms with Crippen molar-refractivity contribution >= 4 is 11.6 Å². The van der Waals surface area contributed by atoms with Crippen molar-refractivity contribution in [3.8, 4) is 5.75 Å². The maximum Gasteiger partial charge on any atom is 0.122 e. The van der Waals surface area contributed by atoms with Gasteiger partial charge in [0.25, 0.3) is 0 Å². The smallest absolute Gasteiger partial charge is 0.122 e. The summed E-state index contributed by atoms with van der Waals surface area (Å²) in [6, 6.07) is 4.08. The Morgan fingerprint density at radius 3 is 2.57 bits per heavy atom. The van der Waals surface area contributed by atoms with Crippen molar-refractivity contribution < 1.29 is 9.47 Å². The molecule has 120 valence electrons. The molecule has 0 saturated heterocycles. The quantitative estimate of drug-likeness (QED) is 0.658. The van der Waals surface area contributed by atoms with E-state index in [1.165, 1.54) is 0 Å². The van der Waals surface area contributed by atoms with Crippen molar-refractivity contribution in [1.82, 2.24) is 5.32 Å². The highest BCUT2D eigenvalue weighted by Crippen LogP contribution is 2.31. The second-order valence-corrected chi connectivity index (χ2v) is 6.00. The van der Waals surface area contributed by atoms with Gasteiger partial charge >= 0.3 is 0 Å². The van der Waals surface area contributed by atoms with E-state index >= 15 is 0 Å². The minimum Gasteiger partial charge on any atom is -0.493 e. The van der Waals surface area contributed by atoms with E-state index in [9.17, 15) is 0 Å². The van der Waals surface area contributed by atoms with E-state index in [1.54, 1.807) is 7.11 Å². The first-order valence-corrected chi connectivity index (χ1v) is 8.06. The number of rotatable bonds is 10. The Morgan fingerprint density at radius 2 is 1.90 bits per heavy atom. The van der Waals surface area contributed by atoms with Gasteiger partial charge in [0.1, 0.15) is 5.75 Å². The molecule has 0 saturated carbocycles. The van der Waals surface area contributed by atoms with Crippen LogP contribution in [0.1, 0.15) is 43.7 Å². The van der Waals surface area contributed by atoms with Gasteiger partial charge in [-0.15, -0.1) is 0 Å². The zero-order chi connectivity index (χ0) is 15.7. The van der Waals surface area contributed by atoms with E-state index in [0.717, 1.165) is 61.0 Å². The number of nitrogens with one attached hydrogen (secondary N) is 1. The summed E-state index contributed by atoms with van der Waals surface area (Å²) in [4.78, 5) is 0. The molecule has 0 atom stereocenters. The number of hydrogen-bond donors (Lipinski definition) is 1. The van der Waals surface area contributed by atoms with Gasteiger partial charge in [0.2, 0.25) is 0 Å². The van der Waals surface area contributed by atoms with Crippen LogP contribution in [0.25, 0.3) is 0 Å². The summed E-state index contributed by atoms with van der Waals surface area (Å²) in [6.45, 7) is 9.75. The highest BCUT2D eigenvalue weighted by molar-refractivity contribution is 6.31. The molecule has 1 aromatic carbocycles. The van der Waals surface area contributed by atoms with Crippen molar-refractivity contribution in [2.45, 2.75) is 39.5 Å². The van der Waals surface area contributed by atoms with Gasteiger partial charge in [0, 0.05) is 18.7 Å². The number of halogens is 1.